The van der Waals surface area contributed by atoms with Crippen LogP contribution in [0.25, 0.3) is 0 Å². The Morgan fingerprint density at radius 3 is 2.58 bits per heavy atom. The first kappa shape index (κ1) is 18.5. The third kappa shape index (κ3) is 3.62. The van der Waals surface area contributed by atoms with Crippen molar-refractivity contribution in [2.24, 2.45) is 0 Å². The summed E-state index contributed by atoms with van der Waals surface area (Å²) in [6.07, 6.45) is 3.16. The molecule has 26 heavy (non-hydrogen) atoms. The molecule has 2 amide bonds. The van der Waals surface area contributed by atoms with Crippen LogP contribution in [0.15, 0.2) is 30.5 Å². The Bertz CT molecular complexity index is 826. The maximum Gasteiger partial charge on any atom is 0.265 e. The molecule has 1 aliphatic heterocycles. The monoisotopic (exact) mass is 375 g/mol. The zero-order valence-electron chi connectivity index (χ0n) is 15.2. The molecule has 0 atom stereocenters. The highest BCUT2D eigenvalue weighted by atomic mass is 32.1. The molecule has 3 rings (SSSR count). The van der Waals surface area contributed by atoms with Gasteiger partial charge in [0, 0.05) is 38.2 Å². The van der Waals surface area contributed by atoms with Gasteiger partial charge in [0.1, 0.15) is 10.7 Å². The van der Waals surface area contributed by atoms with Gasteiger partial charge in [-0.15, -0.1) is 11.3 Å². The lowest BCUT2D eigenvalue weighted by Gasteiger charge is -2.38. The maximum absolute atomic E-state index is 13.4. The second-order valence-corrected chi connectivity index (χ2v) is 8.12. The molecule has 0 spiro atoms. The molecular formula is C19H22FN3O2S. The highest BCUT2D eigenvalue weighted by molar-refractivity contribution is 7.13. The highest BCUT2D eigenvalue weighted by Gasteiger charge is 2.36. The van der Waals surface area contributed by atoms with Crippen LogP contribution in [0.1, 0.15) is 44.8 Å². The average molecular weight is 375 g/mol. The van der Waals surface area contributed by atoms with Crippen LogP contribution >= 0.6 is 11.3 Å². The number of likely N-dealkylation sites (tertiary alicyclic amines) is 1. The van der Waals surface area contributed by atoms with E-state index in [1.165, 1.54) is 23.5 Å². The standard InChI is InChI=1S/C19H22FN3O2S/c1-19(18-21-12-15(26-18)17(25)22(2)3)7-9-23(10-8-19)16(24)13-5-4-6-14(20)11-13/h4-6,11-12H,7-10H2,1-3H3. The molecule has 1 aliphatic rings. The summed E-state index contributed by atoms with van der Waals surface area (Å²) in [6, 6.07) is 5.80. The minimum absolute atomic E-state index is 0.0453. The number of piperidine rings is 1. The number of amides is 2. The smallest absolute Gasteiger partial charge is 0.265 e. The summed E-state index contributed by atoms with van der Waals surface area (Å²) in [4.78, 5) is 33.1. The average Bonchev–Trinajstić information content (AvgIpc) is 3.12. The van der Waals surface area contributed by atoms with Crippen molar-refractivity contribution in [2.45, 2.75) is 25.2 Å². The Hall–Kier alpha value is -2.28. The molecule has 0 N–H and O–H groups in total. The van der Waals surface area contributed by atoms with E-state index in [1.807, 2.05) is 0 Å². The van der Waals surface area contributed by atoms with Crippen LogP contribution in [-0.4, -0.2) is 53.8 Å². The normalized spacial score (nSPS) is 16.4. The Labute approximate surface area is 156 Å². The molecule has 0 saturated carbocycles. The number of hydrogen-bond acceptors (Lipinski definition) is 4. The molecule has 1 saturated heterocycles. The third-order valence-corrected chi connectivity index (χ3v) is 6.16. The number of nitrogens with zero attached hydrogens (tertiary/aromatic N) is 3. The quantitative estimate of drug-likeness (QED) is 0.828. The Kier molecular flexibility index (Phi) is 5.09. The molecule has 1 fully saturated rings. The molecule has 1 aromatic heterocycles. The van der Waals surface area contributed by atoms with Crippen molar-refractivity contribution in [3.63, 3.8) is 0 Å². The van der Waals surface area contributed by atoms with Gasteiger partial charge in [0.25, 0.3) is 11.8 Å². The summed E-state index contributed by atoms with van der Waals surface area (Å²) in [5.74, 6) is -0.594. The highest BCUT2D eigenvalue weighted by Crippen LogP contribution is 2.37. The number of hydrogen-bond donors (Lipinski definition) is 0. The number of thiazole rings is 1. The third-order valence-electron chi connectivity index (χ3n) is 4.86. The van der Waals surface area contributed by atoms with E-state index in [0.29, 0.717) is 23.5 Å². The van der Waals surface area contributed by atoms with Crippen molar-refractivity contribution in [2.75, 3.05) is 27.2 Å². The molecule has 5 nitrogen and oxygen atoms in total. The number of aromatic nitrogens is 1. The topological polar surface area (TPSA) is 53.5 Å². The summed E-state index contributed by atoms with van der Waals surface area (Å²) < 4.78 is 13.4. The number of rotatable bonds is 3. The number of halogens is 1. The molecular weight excluding hydrogens is 353 g/mol. The van der Waals surface area contributed by atoms with Gasteiger partial charge in [-0.1, -0.05) is 13.0 Å². The van der Waals surface area contributed by atoms with E-state index in [4.69, 9.17) is 0 Å². The number of carbonyl (C=O) groups is 2. The lowest BCUT2D eigenvalue weighted by molar-refractivity contribution is 0.0675. The van der Waals surface area contributed by atoms with E-state index in [1.54, 1.807) is 42.2 Å². The van der Waals surface area contributed by atoms with Gasteiger partial charge in [-0.2, -0.15) is 0 Å². The van der Waals surface area contributed by atoms with Crippen molar-refractivity contribution in [1.29, 1.82) is 0 Å². The second kappa shape index (κ2) is 7.15. The van der Waals surface area contributed by atoms with Crippen molar-refractivity contribution >= 4 is 23.2 Å². The van der Waals surface area contributed by atoms with Crippen LogP contribution in [-0.2, 0) is 5.41 Å². The minimum atomic E-state index is -0.404. The summed E-state index contributed by atoms with van der Waals surface area (Å²) in [6.45, 7) is 3.30. The SMILES string of the molecule is CN(C)C(=O)c1cnc(C2(C)CCN(C(=O)c3cccc(F)c3)CC2)s1. The lowest BCUT2D eigenvalue weighted by Crippen LogP contribution is -2.43. The molecule has 0 aliphatic carbocycles. The largest absolute Gasteiger partial charge is 0.344 e. The van der Waals surface area contributed by atoms with Crippen molar-refractivity contribution in [1.82, 2.24) is 14.8 Å². The van der Waals surface area contributed by atoms with Gasteiger partial charge in [0.2, 0.25) is 0 Å². The number of benzene rings is 1. The molecule has 0 unspecified atom stereocenters. The first-order valence-corrected chi connectivity index (χ1v) is 9.35. The molecule has 0 radical (unpaired) electrons. The van der Waals surface area contributed by atoms with Crippen LogP contribution < -0.4 is 0 Å². The lowest BCUT2D eigenvalue weighted by atomic mass is 9.81. The van der Waals surface area contributed by atoms with Crippen LogP contribution in [0, 0.1) is 5.82 Å². The van der Waals surface area contributed by atoms with Gasteiger partial charge >= 0.3 is 0 Å². The van der Waals surface area contributed by atoms with E-state index < -0.39 is 5.82 Å². The summed E-state index contributed by atoms with van der Waals surface area (Å²) in [5.41, 5.74) is 0.218. The molecule has 2 heterocycles. The van der Waals surface area contributed by atoms with Crippen LogP contribution in [0.3, 0.4) is 0 Å². The van der Waals surface area contributed by atoms with Crippen molar-refractivity contribution < 1.29 is 14.0 Å². The zero-order chi connectivity index (χ0) is 18.9. The van der Waals surface area contributed by atoms with Gasteiger partial charge in [0.15, 0.2) is 0 Å². The molecule has 1 aromatic carbocycles. The van der Waals surface area contributed by atoms with Crippen molar-refractivity contribution in [3.8, 4) is 0 Å². The number of carbonyl (C=O) groups excluding carboxylic acids is 2. The van der Waals surface area contributed by atoms with Gasteiger partial charge in [-0.25, -0.2) is 9.37 Å². The summed E-state index contributed by atoms with van der Waals surface area (Å²) in [7, 11) is 3.44. The fourth-order valence-corrected chi connectivity index (χ4v) is 4.23. The second-order valence-electron chi connectivity index (χ2n) is 7.09. The Morgan fingerprint density at radius 2 is 1.96 bits per heavy atom. The van der Waals surface area contributed by atoms with Gasteiger partial charge < -0.3 is 9.80 Å². The van der Waals surface area contributed by atoms with Gasteiger partial charge in [-0.05, 0) is 31.0 Å². The fraction of sp³-hybridized carbons (Fsp3) is 0.421. The summed E-state index contributed by atoms with van der Waals surface area (Å²) >= 11 is 1.43. The van der Waals surface area contributed by atoms with Crippen LogP contribution in [0.5, 0.6) is 0 Å². The predicted octanol–water partition coefficient (Wildman–Crippen LogP) is 3.18. The van der Waals surface area contributed by atoms with E-state index in [2.05, 4.69) is 11.9 Å². The fourth-order valence-electron chi connectivity index (χ4n) is 3.09. The van der Waals surface area contributed by atoms with E-state index in [0.717, 1.165) is 17.8 Å². The van der Waals surface area contributed by atoms with Crippen LogP contribution in [0.4, 0.5) is 4.39 Å². The molecule has 0 bridgehead atoms. The predicted molar refractivity (Wildman–Crippen MR) is 99.0 cm³/mol. The maximum atomic E-state index is 13.4. The van der Waals surface area contributed by atoms with Gasteiger partial charge in [0.05, 0.1) is 11.2 Å². The molecule has 7 heteroatoms. The summed E-state index contributed by atoms with van der Waals surface area (Å²) in [5, 5.41) is 0.931. The molecule has 138 valence electrons. The first-order chi connectivity index (χ1) is 12.3. The Morgan fingerprint density at radius 1 is 1.27 bits per heavy atom. The van der Waals surface area contributed by atoms with Crippen molar-refractivity contribution in [3.05, 3.63) is 51.7 Å². The van der Waals surface area contributed by atoms with Crippen LogP contribution in [0.2, 0.25) is 0 Å². The zero-order valence-corrected chi connectivity index (χ0v) is 16.0. The Balaban J connectivity index is 1.69. The van der Waals surface area contributed by atoms with E-state index >= 15 is 0 Å². The molecule has 2 aromatic rings. The van der Waals surface area contributed by atoms with E-state index in [9.17, 15) is 14.0 Å². The first-order valence-electron chi connectivity index (χ1n) is 8.53. The minimum Gasteiger partial charge on any atom is -0.344 e. The van der Waals surface area contributed by atoms with Gasteiger partial charge in [-0.3, -0.25) is 9.59 Å². The van der Waals surface area contributed by atoms with E-state index in [-0.39, 0.29) is 17.2 Å².